The molecule has 1 amide bonds. The Labute approximate surface area is 118 Å². The van der Waals surface area contributed by atoms with Crippen LogP contribution in [0.5, 0.6) is 5.75 Å². The number of para-hydroxylation sites is 1. The minimum atomic E-state index is -0.367. The van der Waals surface area contributed by atoms with Gasteiger partial charge in [-0.15, -0.1) is 18.3 Å². The number of unbranched alkanes of at least 4 members (excludes halogenated alkanes) is 1. The van der Waals surface area contributed by atoms with E-state index in [9.17, 15) is 4.79 Å². The number of nitrogens with zero attached hydrogens (tertiary/aromatic N) is 1. The number of ether oxygens (including phenoxy) is 1. The summed E-state index contributed by atoms with van der Waals surface area (Å²) in [4.78, 5) is 15.1. The lowest BCUT2D eigenvalue weighted by Crippen LogP contribution is -2.42. The van der Waals surface area contributed by atoms with Crippen LogP contribution in [-0.4, -0.2) is 36.3 Å². The van der Waals surface area contributed by atoms with Crippen molar-refractivity contribution >= 4 is 17.7 Å². The summed E-state index contributed by atoms with van der Waals surface area (Å²) in [5.74, 6) is 1.56. The fourth-order valence-corrected chi connectivity index (χ4v) is 2.94. The average Bonchev–Trinajstić information content (AvgIpc) is 2.46. The maximum absolute atomic E-state index is 12.3. The highest BCUT2D eigenvalue weighted by atomic mass is 32.2. The van der Waals surface area contributed by atoms with E-state index in [0.29, 0.717) is 5.75 Å². The largest absolute Gasteiger partial charge is 0.479 e. The number of fused-ring (bicyclic) bond motifs is 1. The predicted molar refractivity (Wildman–Crippen MR) is 78.7 cm³/mol. The van der Waals surface area contributed by atoms with Crippen molar-refractivity contribution in [3.8, 4) is 5.75 Å². The van der Waals surface area contributed by atoms with Gasteiger partial charge >= 0.3 is 0 Å². The van der Waals surface area contributed by atoms with E-state index in [1.54, 1.807) is 16.7 Å². The quantitative estimate of drug-likeness (QED) is 0.612. The first-order valence-corrected chi connectivity index (χ1v) is 7.45. The van der Waals surface area contributed by atoms with Crippen molar-refractivity contribution in [2.24, 2.45) is 0 Å². The number of rotatable bonds is 5. The molecule has 0 radical (unpaired) electrons. The van der Waals surface area contributed by atoms with Crippen molar-refractivity contribution in [3.05, 3.63) is 36.9 Å². The van der Waals surface area contributed by atoms with E-state index in [1.165, 1.54) is 0 Å². The number of allylic oxidation sites excluding steroid dienone is 1. The van der Waals surface area contributed by atoms with Gasteiger partial charge in [-0.2, -0.15) is 0 Å². The zero-order chi connectivity index (χ0) is 13.7. The van der Waals surface area contributed by atoms with E-state index in [0.717, 1.165) is 30.0 Å². The molecule has 1 atom stereocenters. The molecule has 3 nitrogen and oxygen atoms in total. The molecule has 0 saturated heterocycles. The summed E-state index contributed by atoms with van der Waals surface area (Å²) in [6, 6.07) is 7.85. The lowest BCUT2D eigenvalue weighted by molar-refractivity contribution is -0.136. The van der Waals surface area contributed by atoms with Crippen molar-refractivity contribution in [2.45, 2.75) is 23.8 Å². The molecule has 4 heteroatoms. The molecule has 1 aliphatic heterocycles. The molecule has 19 heavy (non-hydrogen) atoms. The second-order valence-electron chi connectivity index (χ2n) is 4.55. The number of hydrogen-bond acceptors (Lipinski definition) is 3. The van der Waals surface area contributed by atoms with Gasteiger partial charge in [0, 0.05) is 24.2 Å². The molecular formula is C15H19NO2S. The van der Waals surface area contributed by atoms with Crippen LogP contribution < -0.4 is 4.74 Å². The second kappa shape index (κ2) is 6.66. The van der Waals surface area contributed by atoms with Gasteiger partial charge in [-0.25, -0.2) is 0 Å². The number of benzene rings is 1. The van der Waals surface area contributed by atoms with E-state index in [-0.39, 0.29) is 12.0 Å². The molecule has 0 N–H and O–H groups in total. The topological polar surface area (TPSA) is 29.5 Å². The van der Waals surface area contributed by atoms with Crippen molar-refractivity contribution in [3.63, 3.8) is 0 Å². The molecular weight excluding hydrogens is 258 g/mol. The van der Waals surface area contributed by atoms with Crippen molar-refractivity contribution in [1.82, 2.24) is 4.90 Å². The number of amides is 1. The average molecular weight is 277 g/mol. The molecule has 1 aromatic carbocycles. The first kappa shape index (κ1) is 14.0. The maximum atomic E-state index is 12.3. The molecule has 1 aromatic rings. The highest BCUT2D eigenvalue weighted by Crippen LogP contribution is 2.35. The highest BCUT2D eigenvalue weighted by Gasteiger charge is 2.28. The van der Waals surface area contributed by atoms with Crippen LogP contribution in [0.3, 0.4) is 0 Å². The van der Waals surface area contributed by atoms with Crippen LogP contribution in [0.2, 0.25) is 0 Å². The van der Waals surface area contributed by atoms with Gasteiger partial charge in [0.15, 0.2) is 6.10 Å². The van der Waals surface area contributed by atoms with Gasteiger partial charge in [0.1, 0.15) is 5.75 Å². The number of carbonyl (C=O) groups is 1. The van der Waals surface area contributed by atoms with Crippen LogP contribution >= 0.6 is 11.8 Å². The van der Waals surface area contributed by atoms with E-state index in [2.05, 4.69) is 6.58 Å². The standard InChI is InChI=1S/C15H19NO2S/c1-3-4-7-10-16(2)15(17)13-11-19-14-9-6-5-8-12(14)18-13/h3,5-6,8-9,13H,1,4,7,10-11H2,2H3. The first-order chi connectivity index (χ1) is 9.22. The zero-order valence-electron chi connectivity index (χ0n) is 11.2. The van der Waals surface area contributed by atoms with Crippen LogP contribution in [0.25, 0.3) is 0 Å². The van der Waals surface area contributed by atoms with Gasteiger partial charge in [0.2, 0.25) is 0 Å². The summed E-state index contributed by atoms with van der Waals surface area (Å²) in [5, 5.41) is 0. The van der Waals surface area contributed by atoms with Gasteiger partial charge in [-0.1, -0.05) is 18.2 Å². The SMILES string of the molecule is C=CCCCN(C)C(=O)C1CSc2ccccc2O1. The Morgan fingerprint density at radius 2 is 2.37 bits per heavy atom. The Hall–Kier alpha value is -1.42. The number of likely N-dealkylation sites (N-methyl/N-ethyl adjacent to an activating group) is 1. The van der Waals surface area contributed by atoms with Crippen LogP contribution in [0.1, 0.15) is 12.8 Å². The van der Waals surface area contributed by atoms with Crippen molar-refractivity contribution in [1.29, 1.82) is 0 Å². The van der Waals surface area contributed by atoms with Gasteiger partial charge in [0.05, 0.1) is 0 Å². The van der Waals surface area contributed by atoms with Crippen LogP contribution in [-0.2, 0) is 4.79 Å². The summed E-state index contributed by atoms with van der Waals surface area (Å²) in [5.41, 5.74) is 0. The highest BCUT2D eigenvalue weighted by molar-refractivity contribution is 7.99. The summed E-state index contributed by atoms with van der Waals surface area (Å²) in [7, 11) is 1.83. The van der Waals surface area contributed by atoms with E-state index in [4.69, 9.17) is 4.74 Å². The van der Waals surface area contributed by atoms with Gasteiger partial charge in [-0.05, 0) is 25.0 Å². The Kier molecular flexibility index (Phi) is 4.91. The molecule has 0 spiro atoms. The molecule has 1 heterocycles. The summed E-state index contributed by atoms with van der Waals surface area (Å²) in [6.07, 6.45) is 3.39. The normalized spacial score (nSPS) is 17.2. The third-order valence-electron chi connectivity index (χ3n) is 3.06. The molecule has 102 valence electrons. The Bertz CT molecular complexity index is 461. The third-order valence-corrected chi connectivity index (χ3v) is 4.18. The number of thioether (sulfide) groups is 1. The van der Waals surface area contributed by atoms with Gasteiger partial charge < -0.3 is 9.64 Å². The lowest BCUT2D eigenvalue weighted by Gasteiger charge is -2.28. The first-order valence-electron chi connectivity index (χ1n) is 6.46. The van der Waals surface area contributed by atoms with Crippen LogP contribution in [0, 0.1) is 0 Å². The smallest absolute Gasteiger partial charge is 0.264 e. The fraction of sp³-hybridized carbons (Fsp3) is 0.400. The molecule has 2 rings (SSSR count). The second-order valence-corrected chi connectivity index (χ2v) is 5.62. The van der Waals surface area contributed by atoms with E-state index >= 15 is 0 Å². The monoisotopic (exact) mass is 277 g/mol. The Morgan fingerprint density at radius 3 is 3.16 bits per heavy atom. The van der Waals surface area contributed by atoms with Crippen molar-refractivity contribution < 1.29 is 9.53 Å². The summed E-state index contributed by atoms with van der Waals surface area (Å²) < 4.78 is 5.79. The number of hydrogen-bond donors (Lipinski definition) is 0. The maximum Gasteiger partial charge on any atom is 0.264 e. The zero-order valence-corrected chi connectivity index (χ0v) is 12.0. The van der Waals surface area contributed by atoms with Crippen molar-refractivity contribution in [2.75, 3.05) is 19.3 Å². The predicted octanol–water partition coefficient (Wildman–Crippen LogP) is 2.96. The van der Waals surface area contributed by atoms with E-state index in [1.807, 2.05) is 37.4 Å². The molecule has 0 fully saturated rings. The van der Waals surface area contributed by atoms with Gasteiger partial charge in [0.25, 0.3) is 5.91 Å². The third kappa shape index (κ3) is 3.53. The molecule has 0 bridgehead atoms. The molecule has 0 aliphatic carbocycles. The minimum Gasteiger partial charge on any atom is -0.479 e. The van der Waals surface area contributed by atoms with Crippen LogP contribution in [0.15, 0.2) is 41.8 Å². The molecule has 0 aromatic heterocycles. The van der Waals surface area contributed by atoms with Gasteiger partial charge in [-0.3, -0.25) is 4.79 Å². The Balaban J connectivity index is 1.93. The summed E-state index contributed by atoms with van der Waals surface area (Å²) in [6.45, 7) is 4.43. The van der Waals surface area contributed by atoms with Crippen LogP contribution in [0.4, 0.5) is 0 Å². The minimum absolute atomic E-state index is 0.0612. The Morgan fingerprint density at radius 1 is 1.58 bits per heavy atom. The molecule has 1 aliphatic rings. The molecule has 1 unspecified atom stereocenters. The number of carbonyl (C=O) groups excluding carboxylic acids is 1. The fourth-order valence-electron chi connectivity index (χ4n) is 1.97. The lowest BCUT2D eigenvalue weighted by atomic mass is 10.2. The summed E-state index contributed by atoms with van der Waals surface area (Å²) >= 11 is 1.68. The molecule has 0 saturated carbocycles. The van der Waals surface area contributed by atoms with E-state index < -0.39 is 0 Å².